The molecule has 0 saturated carbocycles. The van der Waals surface area contributed by atoms with Gasteiger partial charge in [0, 0.05) is 41.3 Å². The minimum Gasteiger partial charge on any atom is -0.412 e. The zero-order chi connectivity index (χ0) is 8.59. The maximum Gasteiger partial charge on any atom is 0.336 e. The van der Waals surface area contributed by atoms with Crippen LogP contribution >= 0.6 is 23.6 Å². The molecule has 5 N–H and O–H groups in total. The van der Waals surface area contributed by atoms with Gasteiger partial charge in [0.25, 0.3) is 0 Å². The summed E-state index contributed by atoms with van der Waals surface area (Å²) in [6.45, 7) is 0. The fourth-order valence-electron chi connectivity index (χ4n) is 0.439. The van der Waals surface area contributed by atoms with Crippen LogP contribution in [0.2, 0.25) is 0 Å². The minimum atomic E-state index is -1.25. The van der Waals surface area contributed by atoms with E-state index in [0.29, 0.717) is 4.32 Å². The Morgan fingerprint density at radius 2 is 1.50 bits per heavy atom. The van der Waals surface area contributed by atoms with Crippen molar-refractivity contribution in [3.8, 4) is 0 Å². The normalized spacial score (nSPS) is 7.86. The number of hydrogen-bond acceptors (Lipinski definition) is 3. The first-order valence-electron chi connectivity index (χ1n) is 2.35. The van der Waals surface area contributed by atoms with Gasteiger partial charge in [-0.2, -0.15) is 0 Å². The van der Waals surface area contributed by atoms with Crippen molar-refractivity contribution in [1.82, 2.24) is 13.6 Å². The number of aromatic nitrogens is 3. The van der Waals surface area contributed by atoms with E-state index < -0.39 is 16.5 Å². The summed E-state index contributed by atoms with van der Waals surface area (Å²) in [4.78, 5) is 31.6. The van der Waals surface area contributed by atoms with Gasteiger partial charge in [-0.25, -0.2) is 5.10 Å². The third kappa shape index (κ3) is 3.58. The van der Waals surface area contributed by atoms with Crippen LogP contribution in [0, 0.1) is 0 Å². The molecule has 1 aromatic heterocycles. The standard InChI is InChI=1S/C3HCl2N3O3.Na.2H2O/c4-7-3(11)1(9)2(10)6-8(7)5;;;/h(H,6,10);;2*1H2. The van der Waals surface area contributed by atoms with Crippen molar-refractivity contribution in [2.75, 3.05) is 0 Å². The van der Waals surface area contributed by atoms with E-state index in [9.17, 15) is 14.4 Å². The Kier molecular flexibility index (Phi) is 10.1. The second-order valence-electron chi connectivity index (χ2n) is 1.60. The largest absolute Gasteiger partial charge is 0.412 e. The average Bonchev–Trinajstić information content (AvgIpc) is 1.97. The first-order valence-corrected chi connectivity index (χ1v) is 3.02. The third-order valence-electron chi connectivity index (χ3n) is 0.916. The molecule has 0 aliphatic heterocycles. The van der Waals surface area contributed by atoms with Crippen LogP contribution in [0.1, 0.15) is 0 Å². The number of aromatic amines is 1. The molecule has 1 heterocycles. The number of hydrogen-bond donors (Lipinski definition) is 1. The average molecular weight is 257 g/mol. The molecule has 0 atom stereocenters. The molecule has 1 aromatic rings. The topological polar surface area (TPSA) is 140 Å². The Morgan fingerprint density at radius 3 is 1.93 bits per heavy atom. The molecule has 1 radical (unpaired) electrons. The summed E-state index contributed by atoms with van der Waals surface area (Å²) in [7, 11) is 0. The van der Waals surface area contributed by atoms with Gasteiger partial charge in [0.05, 0.1) is 11.8 Å². The Bertz CT molecular complexity index is 449. The second kappa shape index (κ2) is 7.23. The van der Waals surface area contributed by atoms with E-state index in [1.54, 1.807) is 5.10 Å². The Morgan fingerprint density at radius 1 is 1.07 bits per heavy atom. The fraction of sp³-hybridized carbons (Fsp3) is 0. The van der Waals surface area contributed by atoms with E-state index >= 15 is 0 Å². The van der Waals surface area contributed by atoms with Gasteiger partial charge in [-0.1, -0.05) is 0 Å². The van der Waals surface area contributed by atoms with E-state index in [4.69, 9.17) is 23.6 Å². The van der Waals surface area contributed by atoms with E-state index in [0.717, 1.165) is 0 Å². The third-order valence-corrected chi connectivity index (χ3v) is 1.53. The molecule has 1 rings (SSSR count). The predicted molar refractivity (Wildman–Crippen MR) is 51.1 cm³/mol. The molecular formula is C3H5Cl2N3NaO5. The molecule has 0 unspecified atom stereocenters. The van der Waals surface area contributed by atoms with E-state index in [-0.39, 0.29) is 44.7 Å². The van der Waals surface area contributed by atoms with Crippen LogP contribution in [0.15, 0.2) is 14.4 Å². The zero-order valence-electron chi connectivity index (χ0n) is 6.88. The Hall–Kier alpha value is -0.0900. The molecule has 77 valence electrons. The summed E-state index contributed by atoms with van der Waals surface area (Å²) in [6.07, 6.45) is 0. The first kappa shape index (κ1) is 19.5. The molecule has 8 nitrogen and oxygen atoms in total. The Labute approximate surface area is 108 Å². The van der Waals surface area contributed by atoms with Crippen LogP contribution in [0.25, 0.3) is 0 Å². The van der Waals surface area contributed by atoms with Crippen molar-refractivity contribution in [3.05, 3.63) is 30.9 Å². The number of H-pyrrole nitrogens is 1. The van der Waals surface area contributed by atoms with E-state index in [1.807, 2.05) is 0 Å². The monoisotopic (exact) mass is 256 g/mol. The van der Waals surface area contributed by atoms with Crippen LogP contribution in [0.3, 0.4) is 0 Å². The maximum absolute atomic E-state index is 10.6. The summed E-state index contributed by atoms with van der Waals surface area (Å²) in [6, 6.07) is 0. The number of nitrogens with one attached hydrogen (secondary N) is 1. The van der Waals surface area contributed by atoms with E-state index in [2.05, 4.69) is 0 Å². The van der Waals surface area contributed by atoms with Crippen LogP contribution in [0.4, 0.5) is 0 Å². The summed E-state index contributed by atoms with van der Waals surface area (Å²) in [5, 5.41) is 1.79. The van der Waals surface area contributed by atoms with Gasteiger partial charge in [-0.3, -0.25) is 14.4 Å². The second-order valence-corrected chi connectivity index (χ2v) is 2.24. The maximum atomic E-state index is 10.6. The summed E-state index contributed by atoms with van der Waals surface area (Å²) in [5.41, 5.74) is -3.55. The Balaban J connectivity index is -0.000000403. The van der Waals surface area contributed by atoms with Crippen molar-refractivity contribution >= 4 is 53.1 Å². The quantitative estimate of drug-likeness (QED) is 0.383. The molecular weight excluding hydrogens is 252 g/mol. The van der Waals surface area contributed by atoms with Crippen LogP contribution in [-0.2, 0) is 0 Å². The summed E-state index contributed by atoms with van der Waals surface area (Å²) < 4.78 is 0.638. The van der Waals surface area contributed by atoms with Gasteiger partial charge in [0.2, 0.25) is 0 Å². The van der Waals surface area contributed by atoms with Crippen molar-refractivity contribution in [2.45, 2.75) is 0 Å². The van der Waals surface area contributed by atoms with Crippen molar-refractivity contribution in [3.63, 3.8) is 0 Å². The number of nitrogens with zero attached hydrogens (tertiary/aromatic N) is 2. The van der Waals surface area contributed by atoms with Gasteiger partial charge >= 0.3 is 16.5 Å². The number of halogens is 2. The molecule has 0 aliphatic carbocycles. The molecule has 11 heteroatoms. The summed E-state index contributed by atoms with van der Waals surface area (Å²) >= 11 is 10.3. The van der Waals surface area contributed by atoms with Gasteiger partial charge < -0.3 is 11.0 Å². The molecule has 0 amide bonds. The fourth-order valence-corrected chi connectivity index (χ4v) is 0.699. The van der Waals surface area contributed by atoms with Gasteiger partial charge in [-0.05, 0) is 0 Å². The molecule has 0 fully saturated rings. The molecule has 0 spiro atoms. The molecule has 0 bridgehead atoms. The molecule has 0 aliphatic rings. The molecule has 0 saturated heterocycles. The predicted octanol–water partition coefficient (Wildman–Crippen LogP) is -3.33. The van der Waals surface area contributed by atoms with Gasteiger partial charge in [0.1, 0.15) is 0 Å². The first-order chi connectivity index (χ1) is 5.04. The van der Waals surface area contributed by atoms with Crippen molar-refractivity contribution < 1.29 is 11.0 Å². The van der Waals surface area contributed by atoms with Crippen LogP contribution in [-0.4, -0.2) is 54.1 Å². The molecule has 14 heavy (non-hydrogen) atoms. The SMILES string of the molecule is O.O.O=c1[nH]n(Cl)n(Cl)c(=O)c1=O.[Na]. The smallest absolute Gasteiger partial charge is 0.336 e. The van der Waals surface area contributed by atoms with Gasteiger partial charge in [0.15, 0.2) is 0 Å². The molecule has 0 aromatic carbocycles. The summed E-state index contributed by atoms with van der Waals surface area (Å²) in [5.74, 6) is 0. The van der Waals surface area contributed by atoms with Crippen molar-refractivity contribution in [2.24, 2.45) is 0 Å². The number of rotatable bonds is 0. The minimum absolute atomic E-state index is 0. The zero-order valence-corrected chi connectivity index (χ0v) is 10.4. The van der Waals surface area contributed by atoms with Crippen molar-refractivity contribution in [1.29, 1.82) is 0 Å². The van der Waals surface area contributed by atoms with Crippen LogP contribution in [0.5, 0.6) is 0 Å². The van der Waals surface area contributed by atoms with Crippen LogP contribution < -0.4 is 16.5 Å². The van der Waals surface area contributed by atoms with E-state index in [1.165, 1.54) is 0 Å². The van der Waals surface area contributed by atoms with Gasteiger partial charge in [-0.15, -0.1) is 8.52 Å².